The van der Waals surface area contributed by atoms with E-state index in [1.807, 2.05) is 0 Å². The Morgan fingerprint density at radius 3 is 2.76 bits per heavy atom. The van der Waals surface area contributed by atoms with Gasteiger partial charge in [0.25, 0.3) is 5.91 Å². The summed E-state index contributed by atoms with van der Waals surface area (Å²) < 4.78 is 18.4. The normalized spacial score (nSPS) is 10.5. The van der Waals surface area contributed by atoms with Gasteiger partial charge in [-0.25, -0.2) is 9.37 Å². The average molecular weight is 384 g/mol. The van der Waals surface area contributed by atoms with Crippen molar-refractivity contribution in [3.05, 3.63) is 45.7 Å². The van der Waals surface area contributed by atoms with Crippen LogP contribution in [0, 0.1) is 12.7 Å². The van der Waals surface area contributed by atoms with E-state index in [-0.39, 0.29) is 24.1 Å². The van der Waals surface area contributed by atoms with Gasteiger partial charge in [-0.1, -0.05) is 0 Å². The zero-order chi connectivity index (χ0) is 18.2. The maximum Gasteiger partial charge on any atom is 0.313 e. The monoisotopic (exact) mass is 384 g/mol. The van der Waals surface area contributed by atoms with Gasteiger partial charge in [-0.2, -0.15) is 0 Å². The number of aliphatic carboxylic acids is 1. The van der Waals surface area contributed by atoms with Gasteiger partial charge >= 0.3 is 5.97 Å². The van der Waals surface area contributed by atoms with Gasteiger partial charge in [0, 0.05) is 12.3 Å². The number of carbonyl (C=O) groups is 2. The number of halogens is 1. The minimum Gasteiger partial charge on any atom is -0.486 e. The maximum atomic E-state index is 12.8. The number of nitrogens with zero attached hydrogens (tertiary/aromatic N) is 1. The highest BCUT2D eigenvalue weighted by Crippen LogP contribution is 2.20. The van der Waals surface area contributed by atoms with Crippen LogP contribution in [0.15, 0.2) is 24.3 Å². The first-order chi connectivity index (χ1) is 12.0. The minimum atomic E-state index is -0.875. The summed E-state index contributed by atoms with van der Waals surface area (Å²) in [7, 11) is 0. The number of carboxylic acid groups (broad SMARTS) is 1. The number of hydrogen-bond donors (Lipinski definition) is 2. The van der Waals surface area contributed by atoms with Gasteiger partial charge in [-0.05, 0) is 31.2 Å². The van der Waals surface area contributed by atoms with E-state index in [1.54, 1.807) is 6.92 Å². The molecule has 1 aromatic carbocycles. The number of carbonyl (C=O) groups excluding carboxylic acids is 1. The number of benzene rings is 1. The number of thiazole rings is 1. The Balaban J connectivity index is 1.82. The Labute approximate surface area is 152 Å². The summed E-state index contributed by atoms with van der Waals surface area (Å²) >= 11 is 2.48. The van der Waals surface area contributed by atoms with Crippen LogP contribution in [0.2, 0.25) is 0 Å². The number of aromatic nitrogens is 1. The number of carboxylic acids is 1. The van der Waals surface area contributed by atoms with Crippen LogP contribution >= 0.6 is 23.1 Å². The second kappa shape index (κ2) is 9.38. The van der Waals surface area contributed by atoms with Crippen LogP contribution in [0.1, 0.15) is 20.4 Å². The highest BCUT2D eigenvalue weighted by atomic mass is 32.2. The number of hydrogen-bond acceptors (Lipinski definition) is 6. The van der Waals surface area contributed by atoms with Gasteiger partial charge in [0.1, 0.15) is 28.1 Å². The van der Waals surface area contributed by atoms with Crippen molar-refractivity contribution in [1.29, 1.82) is 0 Å². The number of nitrogens with one attached hydrogen (secondary N) is 1. The Bertz CT molecular complexity index is 734. The van der Waals surface area contributed by atoms with Crippen LogP contribution in [0.25, 0.3) is 0 Å². The predicted octanol–water partition coefficient (Wildman–Crippen LogP) is 2.72. The van der Waals surface area contributed by atoms with E-state index in [4.69, 9.17) is 9.84 Å². The van der Waals surface area contributed by atoms with Crippen molar-refractivity contribution >= 4 is 35.0 Å². The third-order valence-electron chi connectivity index (χ3n) is 2.98. The second-order valence-corrected chi connectivity index (χ2v) is 7.16. The largest absolute Gasteiger partial charge is 0.486 e. The fraction of sp³-hybridized carbons (Fsp3) is 0.312. The molecular formula is C16H17FN2O4S2. The third-order valence-corrected chi connectivity index (χ3v) is 5.05. The molecule has 2 N–H and O–H groups in total. The maximum absolute atomic E-state index is 12.8. The summed E-state index contributed by atoms with van der Waals surface area (Å²) in [4.78, 5) is 27.3. The quantitative estimate of drug-likeness (QED) is 0.647. The number of rotatable bonds is 9. The van der Waals surface area contributed by atoms with Crippen LogP contribution in [0.5, 0.6) is 5.75 Å². The molecule has 0 aliphatic rings. The van der Waals surface area contributed by atoms with Crippen molar-refractivity contribution in [1.82, 2.24) is 10.3 Å². The van der Waals surface area contributed by atoms with Gasteiger partial charge in [0.2, 0.25) is 0 Å². The first-order valence-corrected chi connectivity index (χ1v) is 9.35. The summed E-state index contributed by atoms with van der Waals surface area (Å²) in [6, 6.07) is 5.67. The highest BCUT2D eigenvalue weighted by molar-refractivity contribution is 7.99. The summed E-state index contributed by atoms with van der Waals surface area (Å²) in [5, 5.41) is 11.9. The van der Waals surface area contributed by atoms with Crippen molar-refractivity contribution in [3.8, 4) is 5.75 Å². The molecule has 2 rings (SSSR count). The number of aryl methyl sites for hydroxylation is 1. The highest BCUT2D eigenvalue weighted by Gasteiger charge is 2.15. The van der Waals surface area contributed by atoms with Gasteiger partial charge in [-0.3, -0.25) is 9.59 Å². The Kier molecular flexibility index (Phi) is 7.20. The molecule has 0 atom stereocenters. The van der Waals surface area contributed by atoms with Gasteiger partial charge in [0.15, 0.2) is 0 Å². The van der Waals surface area contributed by atoms with Gasteiger partial charge in [-0.15, -0.1) is 23.1 Å². The molecule has 0 bridgehead atoms. The van der Waals surface area contributed by atoms with Crippen LogP contribution in [0.4, 0.5) is 4.39 Å². The van der Waals surface area contributed by atoms with Crippen LogP contribution in [-0.4, -0.2) is 40.0 Å². The molecule has 25 heavy (non-hydrogen) atoms. The van der Waals surface area contributed by atoms with Crippen LogP contribution in [-0.2, 0) is 11.4 Å². The first kappa shape index (κ1) is 19.2. The third kappa shape index (κ3) is 6.35. The molecule has 6 nitrogen and oxygen atoms in total. The average Bonchev–Trinajstić information content (AvgIpc) is 2.94. The predicted molar refractivity (Wildman–Crippen MR) is 94.9 cm³/mol. The fourth-order valence-electron chi connectivity index (χ4n) is 1.88. The fourth-order valence-corrected chi connectivity index (χ4v) is 3.34. The van der Waals surface area contributed by atoms with Crippen molar-refractivity contribution in [2.75, 3.05) is 18.1 Å². The summed E-state index contributed by atoms with van der Waals surface area (Å²) in [5.41, 5.74) is 0.610. The van der Waals surface area contributed by atoms with Crippen molar-refractivity contribution in [2.24, 2.45) is 0 Å². The smallest absolute Gasteiger partial charge is 0.313 e. The molecule has 0 aliphatic carbocycles. The molecule has 1 heterocycles. The molecule has 0 fully saturated rings. The molecule has 0 radical (unpaired) electrons. The summed E-state index contributed by atoms with van der Waals surface area (Å²) in [6.45, 7) is 2.32. The van der Waals surface area contributed by atoms with E-state index in [0.717, 1.165) is 0 Å². The van der Waals surface area contributed by atoms with Gasteiger partial charge in [0.05, 0.1) is 11.4 Å². The second-order valence-electron chi connectivity index (χ2n) is 4.97. The molecular weight excluding hydrogens is 367 g/mol. The molecule has 2 aromatic rings. The number of amides is 1. The van der Waals surface area contributed by atoms with Crippen LogP contribution in [0.3, 0.4) is 0 Å². The van der Waals surface area contributed by atoms with E-state index in [1.165, 1.54) is 47.4 Å². The van der Waals surface area contributed by atoms with Crippen molar-refractivity contribution in [2.45, 2.75) is 13.5 Å². The molecule has 0 saturated carbocycles. The SMILES string of the molecule is Cc1nc(COc2ccc(F)cc2)sc1C(=O)NCCSCC(=O)O. The number of ether oxygens (including phenoxy) is 1. The van der Waals surface area contributed by atoms with E-state index >= 15 is 0 Å². The lowest BCUT2D eigenvalue weighted by Gasteiger charge is -2.03. The number of thioether (sulfide) groups is 1. The molecule has 134 valence electrons. The lowest BCUT2D eigenvalue weighted by molar-refractivity contribution is -0.133. The molecule has 9 heteroatoms. The van der Waals surface area contributed by atoms with E-state index in [0.29, 0.717) is 33.6 Å². The van der Waals surface area contributed by atoms with Crippen LogP contribution < -0.4 is 10.1 Å². The molecule has 0 saturated heterocycles. The Morgan fingerprint density at radius 1 is 1.36 bits per heavy atom. The molecule has 0 aliphatic heterocycles. The molecule has 0 spiro atoms. The van der Waals surface area contributed by atoms with E-state index in [9.17, 15) is 14.0 Å². The molecule has 0 unspecified atom stereocenters. The Morgan fingerprint density at radius 2 is 2.08 bits per heavy atom. The molecule has 1 amide bonds. The Hall–Kier alpha value is -2.13. The van der Waals surface area contributed by atoms with Crippen molar-refractivity contribution in [3.63, 3.8) is 0 Å². The summed E-state index contributed by atoms with van der Waals surface area (Å²) in [5.74, 6) is -0.385. The minimum absolute atomic E-state index is 0.0142. The molecule has 1 aromatic heterocycles. The summed E-state index contributed by atoms with van der Waals surface area (Å²) in [6.07, 6.45) is 0. The zero-order valence-corrected chi connectivity index (χ0v) is 15.1. The lowest BCUT2D eigenvalue weighted by atomic mass is 10.3. The standard InChI is InChI=1S/C16H17FN2O4S2/c1-10-15(16(22)18-6-7-24-9-14(20)21)25-13(19-10)8-23-12-4-2-11(17)3-5-12/h2-5H,6-9H2,1H3,(H,18,22)(H,20,21). The first-order valence-electron chi connectivity index (χ1n) is 7.38. The topological polar surface area (TPSA) is 88.5 Å². The van der Waals surface area contributed by atoms with Gasteiger partial charge < -0.3 is 15.2 Å². The van der Waals surface area contributed by atoms with E-state index < -0.39 is 5.97 Å². The van der Waals surface area contributed by atoms with Crippen molar-refractivity contribution < 1.29 is 23.8 Å². The zero-order valence-electron chi connectivity index (χ0n) is 13.5. The van der Waals surface area contributed by atoms with E-state index in [2.05, 4.69) is 10.3 Å². The lowest BCUT2D eigenvalue weighted by Crippen LogP contribution is -2.25.